The molecule has 0 amide bonds. The lowest BCUT2D eigenvalue weighted by atomic mass is 9.89. The molecule has 1 rings (SSSR count). The third-order valence-electron chi connectivity index (χ3n) is 12.5. The van der Waals surface area contributed by atoms with Gasteiger partial charge >= 0.3 is 17.9 Å². The molecule has 0 bridgehead atoms. The van der Waals surface area contributed by atoms with E-state index in [1.807, 2.05) is 0 Å². The molecule has 2 unspecified atom stereocenters. The lowest BCUT2D eigenvalue weighted by Gasteiger charge is -2.21. The van der Waals surface area contributed by atoms with Crippen LogP contribution < -0.4 is 0 Å². The van der Waals surface area contributed by atoms with Crippen LogP contribution in [0.15, 0.2) is 0 Å². The number of nitrogens with zero attached hydrogens (tertiary/aromatic N) is 1. The van der Waals surface area contributed by atoms with Gasteiger partial charge in [-0.3, -0.25) is 14.4 Å². The van der Waals surface area contributed by atoms with Gasteiger partial charge in [0.25, 0.3) is 0 Å². The highest BCUT2D eigenvalue weighted by Crippen LogP contribution is 2.24. The second-order valence-electron chi connectivity index (χ2n) is 18.6. The molecular formula is C50H95NO6. The summed E-state index contributed by atoms with van der Waals surface area (Å²) in [6, 6.07) is 0. The van der Waals surface area contributed by atoms with Crippen molar-refractivity contribution in [1.82, 2.24) is 4.90 Å². The first-order chi connectivity index (χ1) is 27.7. The van der Waals surface area contributed by atoms with Crippen LogP contribution in [0.4, 0.5) is 0 Å². The van der Waals surface area contributed by atoms with E-state index in [9.17, 15) is 14.4 Å². The predicted octanol–water partition coefficient (Wildman–Crippen LogP) is 13.8. The van der Waals surface area contributed by atoms with E-state index in [0.717, 1.165) is 116 Å². The molecule has 336 valence electrons. The number of hydrogen-bond acceptors (Lipinski definition) is 7. The van der Waals surface area contributed by atoms with Crippen LogP contribution in [0.1, 0.15) is 234 Å². The fraction of sp³-hybridized carbons (Fsp3) is 0.940. The molecule has 7 nitrogen and oxygen atoms in total. The average molecular weight is 806 g/mol. The Morgan fingerprint density at radius 2 is 1.02 bits per heavy atom. The van der Waals surface area contributed by atoms with Crippen LogP contribution in [0.2, 0.25) is 0 Å². The molecule has 7 heteroatoms. The van der Waals surface area contributed by atoms with Crippen molar-refractivity contribution in [2.45, 2.75) is 234 Å². The van der Waals surface area contributed by atoms with Crippen molar-refractivity contribution in [3.63, 3.8) is 0 Å². The van der Waals surface area contributed by atoms with E-state index < -0.39 is 0 Å². The molecular weight excluding hydrogens is 711 g/mol. The van der Waals surface area contributed by atoms with Gasteiger partial charge in [0, 0.05) is 19.4 Å². The van der Waals surface area contributed by atoms with Crippen molar-refractivity contribution in [2.24, 2.45) is 29.6 Å². The highest BCUT2D eigenvalue weighted by molar-refractivity contribution is 5.72. The molecule has 0 radical (unpaired) electrons. The Kier molecular flexibility index (Phi) is 35.0. The highest BCUT2D eigenvalue weighted by atomic mass is 16.5. The maximum atomic E-state index is 13.2. The molecule has 0 saturated carbocycles. The van der Waals surface area contributed by atoms with E-state index >= 15 is 0 Å². The number of carbonyl (C=O) groups excluding carboxylic acids is 3. The molecule has 1 heterocycles. The van der Waals surface area contributed by atoms with Gasteiger partial charge in [0.05, 0.1) is 25.7 Å². The van der Waals surface area contributed by atoms with Gasteiger partial charge < -0.3 is 19.1 Å². The quantitative estimate of drug-likeness (QED) is 0.0346. The number of rotatable bonds is 40. The summed E-state index contributed by atoms with van der Waals surface area (Å²) < 4.78 is 17.1. The number of unbranched alkanes of at least 4 members (excludes halogenated alkanes) is 14. The first-order valence-corrected chi connectivity index (χ1v) is 24.9. The molecule has 0 aromatic carbocycles. The lowest BCUT2D eigenvalue weighted by Crippen LogP contribution is -2.23. The number of hydrogen-bond donors (Lipinski definition) is 0. The minimum absolute atomic E-state index is 0.00517. The zero-order valence-electron chi connectivity index (χ0n) is 38.7. The Hall–Kier alpha value is -1.63. The van der Waals surface area contributed by atoms with Gasteiger partial charge in [-0.05, 0) is 94.5 Å². The van der Waals surface area contributed by atoms with Crippen LogP contribution >= 0.6 is 0 Å². The highest BCUT2D eigenvalue weighted by Gasteiger charge is 2.20. The van der Waals surface area contributed by atoms with Crippen molar-refractivity contribution >= 4 is 17.9 Å². The molecule has 0 aromatic rings. The minimum atomic E-state index is -0.0447. The molecule has 57 heavy (non-hydrogen) atoms. The first kappa shape index (κ1) is 53.4. The van der Waals surface area contributed by atoms with Crippen molar-refractivity contribution in [2.75, 3.05) is 39.5 Å². The van der Waals surface area contributed by atoms with Gasteiger partial charge in [0.2, 0.25) is 0 Å². The SMILES string of the molecule is CCCCCC(CCCCC)CCOC(=O)CCCCCCCCC(CCCCCCCCC(=O)OCC(CCC(C)C)C(C)C)C(=O)OCCCN1CCCC1. The minimum Gasteiger partial charge on any atom is -0.466 e. The van der Waals surface area contributed by atoms with E-state index in [4.69, 9.17) is 14.2 Å². The third kappa shape index (κ3) is 31.9. The standard InChI is InChI=1S/C50H95NO6/c1-7-9-19-28-45(29-20-10-8-2)36-41-55-48(52)32-23-17-13-11-15-21-30-46(50(54)56-40-27-39-51-37-25-26-38-51)31-22-16-12-14-18-24-33-49(53)57-42-47(44(5)6)35-34-43(3)4/h43-47H,7-42H2,1-6H3. The van der Waals surface area contributed by atoms with Crippen LogP contribution in [0.3, 0.4) is 0 Å². The summed E-state index contributed by atoms with van der Waals surface area (Å²) in [6.07, 6.45) is 32.8. The summed E-state index contributed by atoms with van der Waals surface area (Å²) in [7, 11) is 0. The number of carbonyl (C=O) groups is 3. The van der Waals surface area contributed by atoms with Crippen molar-refractivity contribution in [3.8, 4) is 0 Å². The maximum absolute atomic E-state index is 13.2. The zero-order valence-corrected chi connectivity index (χ0v) is 38.7. The monoisotopic (exact) mass is 806 g/mol. The molecule has 0 aliphatic carbocycles. The number of esters is 3. The van der Waals surface area contributed by atoms with Gasteiger partial charge in [-0.15, -0.1) is 0 Å². The molecule has 0 N–H and O–H groups in total. The predicted molar refractivity (Wildman–Crippen MR) is 239 cm³/mol. The third-order valence-corrected chi connectivity index (χ3v) is 12.5. The summed E-state index contributed by atoms with van der Waals surface area (Å²) in [5.74, 6) is 2.29. The second-order valence-corrected chi connectivity index (χ2v) is 18.6. The van der Waals surface area contributed by atoms with Crippen molar-refractivity contribution in [3.05, 3.63) is 0 Å². The maximum Gasteiger partial charge on any atom is 0.308 e. The Balaban J connectivity index is 2.28. The molecule has 1 aliphatic heterocycles. The fourth-order valence-corrected chi connectivity index (χ4v) is 8.34. The first-order valence-electron chi connectivity index (χ1n) is 24.9. The summed E-state index contributed by atoms with van der Waals surface area (Å²) in [5, 5.41) is 0. The Labute approximate surface area is 353 Å². The van der Waals surface area contributed by atoms with Crippen LogP contribution in [0, 0.1) is 29.6 Å². The van der Waals surface area contributed by atoms with Crippen LogP contribution in [0.5, 0.6) is 0 Å². The lowest BCUT2D eigenvalue weighted by molar-refractivity contribution is -0.149. The average Bonchev–Trinajstić information content (AvgIpc) is 3.71. The smallest absolute Gasteiger partial charge is 0.308 e. The molecule has 0 spiro atoms. The Morgan fingerprint density at radius 1 is 0.509 bits per heavy atom. The molecule has 1 saturated heterocycles. The van der Waals surface area contributed by atoms with E-state index in [1.165, 1.54) is 83.7 Å². The zero-order chi connectivity index (χ0) is 41.8. The van der Waals surface area contributed by atoms with Crippen molar-refractivity contribution in [1.29, 1.82) is 0 Å². The molecule has 2 atom stereocenters. The topological polar surface area (TPSA) is 82.1 Å². The van der Waals surface area contributed by atoms with E-state index in [2.05, 4.69) is 46.4 Å². The Bertz CT molecular complexity index is 937. The molecule has 1 fully saturated rings. The molecule has 1 aliphatic rings. The van der Waals surface area contributed by atoms with Crippen LogP contribution in [-0.4, -0.2) is 62.3 Å². The normalized spacial score (nSPS) is 14.5. The van der Waals surface area contributed by atoms with Crippen molar-refractivity contribution < 1.29 is 28.6 Å². The fourth-order valence-electron chi connectivity index (χ4n) is 8.34. The van der Waals surface area contributed by atoms with Crippen LogP contribution in [-0.2, 0) is 28.6 Å². The van der Waals surface area contributed by atoms with E-state index in [-0.39, 0.29) is 23.8 Å². The second kappa shape index (κ2) is 37.4. The van der Waals surface area contributed by atoms with Gasteiger partial charge in [-0.1, -0.05) is 164 Å². The molecule has 0 aromatic heterocycles. The summed E-state index contributed by atoms with van der Waals surface area (Å²) in [4.78, 5) is 40.4. The van der Waals surface area contributed by atoms with Gasteiger partial charge in [0.1, 0.15) is 0 Å². The van der Waals surface area contributed by atoms with Gasteiger partial charge in [-0.2, -0.15) is 0 Å². The largest absolute Gasteiger partial charge is 0.466 e. The summed E-state index contributed by atoms with van der Waals surface area (Å²) in [5.41, 5.74) is 0. The van der Waals surface area contributed by atoms with Gasteiger partial charge in [0.15, 0.2) is 0 Å². The van der Waals surface area contributed by atoms with E-state index in [0.29, 0.717) is 56.3 Å². The summed E-state index contributed by atoms with van der Waals surface area (Å²) in [6.45, 7) is 18.5. The summed E-state index contributed by atoms with van der Waals surface area (Å²) >= 11 is 0. The van der Waals surface area contributed by atoms with Crippen LogP contribution in [0.25, 0.3) is 0 Å². The number of ether oxygens (including phenoxy) is 3. The number of likely N-dealkylation sites (tertiary alicyclic amines) is 1. The van der Waals surface area contributed by atoms with E-state index in [1.54, 1.807) is 0 Å². The Morgan fingerprint density at radius 3 is 1.54 bits per heavy atom. The van der Waals surface area contributed by atoms with Gasteiger partial charge in [-0.25, -0.2) is 0 Å².